The van der Waals surface area contributed by atoms with Crippen LogP contribution in [0, 0.1) is 0 Å². The fourth-order valence-corrected chi connectivity index (χ4v) is 2.05. The summed E-state index contributed by atoms with van der Waals surface area (Å²) in [6, 6.07) is 3.76. The lowest BCUT2D eigenvalue weighted by Gasteiger charge is -2.33. The van der Waals surface area contributed by atoms with Crippen molar-refractivity contribution in [1.29, 1.82) is 0 Å². The van der Waals surface area contributed by atoms with E-state index >= 15 is 0 Å². The Balaban J connectivity index is 2.03. The number of amides is 2. The number of carbonyl (C=O) groups excluding carboxylic acids is 2. The van der Waals surface area contributed by atoms with Gasteiger partial charge in [-0.3, -0.25) is 9.59 Å². The normalized spacial score (nSPS) is 15.9. The summed E-state index contributed by atoms with van der Waals surface area (Å²) in [6.45, 7) is 4.06. The van der Waals surface area contributed by atoms with Gasteiger partial charge in [0.15, 0.2) is 0 Å². The van der Waals surface area contributed by atoms with Gasteiger partial charge in [-0.05, 0) is 18.6 Å². The van der Waals surface area contributed by atoms with Gasteiger partial charge in [-0.15, -0.1) is 0 Å². The minimum Gasteiger partial charge on any atom is -0.373 e. The van der Waals surface area contributed by atoms with Crippen LogP contribution in [-0.4, -0.2) is 53.3 Å². The van der Waals surface area contributed by atoms with Crippen molar-refractivity contribution in [3.8, 4) is 0 Å². The molecule has 0 radical (unpaired) electrons. The molecule has 1 aromatic heterocycles. The van der Waals surface area contributed by atoms with Crippen molar-refractivity contribution in [1.82, 2.24) is 14.8 Å². The molecule has 6 heteroatoms. The van der Waals surface area contributed by atoms with Crippen molar-refractivity contribution in [2.45, 2.75) is 13.5 Å². The van der Waals surface area contributed by atoms with Crippen molar-refractivity contribution >= 4 is 17.6 Å². The molecule has 0 saturated carbocycles. The highest BCUT2D eigenvalue weighted by Gasteiger charge is 2.31. The molecule has 2 heterocycles. The van der Waals surface area contributed by atoms with Crippen molar-refractivity contribution in [2.75, 3.05) is 32.0 Å². The van der Waals surface area contributed by atoms with Gasteiger partial charge >= 0.3 is 11.8 Å². The number of nitrogens with one attached hydrogen (secondary N) is 1. The lowest BCUT2D eigenvalue weighted by Crippen LogP contribution is -2.53. The lowest BCUT2D eigenvalue weighted by molar-refractivity contribution is -0.156. The Morgan fingerprint density at radius 2 is 1.89 bits per heavy atom. The highest BCUT2D eigenvalue weighted by molar-refractivity contribution is 6.35. The summed E-state index contributed by atoms with van der Waals surface area (Å²) in [6.07, 6.45) is 1.72. The first-order valence-electron chi connectivity index (χ1n) is 6.36. The summed E-state index contributed by atoms with van der Waals surface area (Å²) >= 11 is 0. The highest BCUT2D eigenvalue weighted by atomic mass is 16.2. The number of rotatable bonds is 4. The first kappa shape index (κ1) is 13.3. The Labute approximate surface area is 112 Å². The maximum Gasteiger partial charge on any atom is 0.312 e. The molecule has 2 rings (SSSR count). The van der Waals surface area contributed by atoms with Crippen LogP contribution >= 0.6 is 0 Å². The molecule has 1 aromatic rings. The first-order valence-corrected chi connectivity index (χ1v) is 6.36. The lowest BCUT2D eigenvalue weighted by atomic mass is 10.2. The molecule has 1 aliphatic rings. The zero-order valence-corrected chi connectivity index (χ0v) is 11.2. The molecule has 1 N–H and O–H groups in total. The molecule has 0 bridgehead atoms. The molecule has 2 amide bonds. The van der Waals surface area contributed by atoms with E-state index in [4.69, 9.17) is 0 Å². The summed E-state index contributed by atoms with van der Waals surface area (Å²) in [5.41, 5.74) is 0.921. The largest absolute Gasteiger partial charge is 0.373 e. The summed E-state index contributed by atoms with van der Waals surface area (Å²) in [5, 5.41) is 2.93. The van der Waals surface area contributed by atoms with Crippen LogP contribution in [0.25, 0.3) is 0 Å². The van der Waals surface area contributed by atoms with E-state index in [9.17, 15) is 9.59 Å². The molecule has 19 heavy (non-hydrogen) atoms. The zero-order valence-electron chi connectivity index (χ0n) is 11.2. The minimum atomic E-state index is -0.425. The number of likely N-dealkylation sites (N-methyl/N-ethyl adjacent to an activating group) is 1. The van der Waals surface area contributed by atoms with Crippen molar-refractivity contribution in [3.05, 3.63) is 23.9 Å². The van der Waals surface area contributed by atoms with E-state index < -0.39 is 11.8 Å². The SMILES string of the molecule is CCN1CCN(Cc2ccc(NC)nc2)C(=O)C1=O. The second kappa shape index (κ2) is 5.69. The molecule has 1 fully saturated rings. The fraction of sp³-hybridized carbons (Fsp3) is 0.462. The fourth-order valence-electron chi connectivity index (χ4n) is 2.05. The third-order valence-electron chi connectivity index (χ3n) is 3.23. The van der Waals surface area contributed by atoms with Gasteiger partial charge in [0, 0.05) is 39.4 Å². The minimum absolute atomic E-state index is 0.409. The van der Waals surface area contributed by atoms with Gasteiger partial charge in [0.1, 0.15) is 5.82 Å². The molecule has 0 atom stereocenters. The Bertz CT molecular complexity index is 472. The smallest absolute Gasteiger partial charge is 0.312 e. The zero-order chi connectivity index (χ0) is 13.8. The predicted molar refractivity (Wildman–Crippen MR) is 71.5 cm³/mol. The summed E-state index contributed by atoms with van der Waals surface area (Å²) in [7, 11) is 1.80. The standard InChI is InChI=1S/C13H18N4O2/c1-3-16-6-7-17(13(19)12(16)18)9-10-4-5-11(14-2)15-8-10/h4-5,8H,3,6-7,9H2,1-2H3,(H,14,15). The van der Waals surface area contributed by atoms with Crippen LogP contribution in [0.15, 0.2) is 18.3 Å². The number of pyridine rings is 1. The summed E-state index contributed by atoms with van der Waals surface area (Å²) in [5.74, 6) is -0.0543. The highest BCUT2D eigenvalue weighted by Crippen LogP contribution is 2.11. The van der Waals surface area contributed by atoms with Gasteiger partial charge in [0.2, 0.25) is 0 Å². The van der Waals surface area contributed by atoms with E-state index in [1.54, 1.807) is 23.0 Å². The van der Waals surface area contributed by atoms with Crippen molar-refractivity contribution < 1.29 is 9.59 Å². The van der Waals surface area contributed by atoms with Gasteiger partial charge in [0.05, 0.1) is 0 Å². The molecule has 1 saturated heterocycles. The number of hydrogen-bond donors (Lipinski definition) is 1. The summed E-state index contributed by atoms with van der Waals surface area (Å²) in [4.78, 5) is 31.0. The molecule has 0 unspecified atom stereocenters. The first-order chi connectivity index (χ1) is 9.15. The molecule has 0 spiro atoms. The van der Waals surface area contributed by atoms with E-state index in [0.717, 1.165) is 11.4 Å². The maximum absolute atomic E-state index is 11.9. The predicted octanol–water partition coefficient (Wildman–Crippen LogP) is 0.314. The number of nitrogens with zero attached hydrogens (tertiary/aromatic N) is 3. The van der Waals surface area contributed by atoms with Crippen molar-refractivity contribution in [3.63, 3.8) is 0 Å². The second-order valence-electron chi connectivity index (χ2n) is 4.41. The Morgan fingerprint density at radius 3 is 2.47 bits per heavy atom. The number of hydrogen-bond acceptors (Lipinski definition) is 4. The van der Waals surface area contributed by atoms with E-state index in [2.05, 4.69) is 10.3 Å². The van der Waals surface area contributed by atoms with Crippen molar-refractivity contribution in [2.24, 2.45) is 0 Å². The third-order valence-corrected chi connectivity index (χ3v) is 3.23. The van der Waals surface area contributed by atoms with Crippen LogP contribution in [0.2, 0.25) is 0 Å². The molecule has 1 aliphatic heterocycles. The van der Waals surface area contributed by atoms with E-state index in [0.29, 0.717) is 26.2 Å². The monoisotopic (exact) mass is 262 g/mol. The quantitative estimate of drug-likeness (QED) is 0.793. The van der Waals surface area contributed by atoms with E-state index in [-0.39, 0.29) is 0 Å². The Hall–Kier alpha value is -2.11. The third kappa shape index (κ3) is 2.83. The van der Waals surface area contributed by atoms with Gasteiger partial charge < -0.3 is 15.1 Å². The maximum atomic E-state index is 11.9. The van der Waals surface area contributed by atoms with Gasteiger partial charge in [-0.25, -0.2) is 4.98 Å². The average molecular weight is 262 g/mol. The molecular weight excluding hydrogens is 244 g/mol. The topological polar surface area (TPSA) is 65.5 Å². The Morgan fingerprint density at radius 1 is 1.21 bits per heavy atom. The van der Waals surface area contributed by atoms with Crippen LogP contribution < -0.4 is 5.32 Å². The van der Waals surface area contributed by atoms with E-state index in [1.807, 2.05) is 19.1 Å². The molecule has 102 valence electrons. The molecular formula is C13H18N4O2. The van der Waals surface area contributed by atoms with Gasteiger partial charge in [-0.1, -0.05) is 6.07 Å². The number of anilines is 1. The van der Waals surface area contributed by atoms with Gasteiger partial charge in [-0.2, -0.15) is 0 Å². The number of aromatic nitrogens is 1. The van der Waals surface area contributed by atoms with Crippen LogP contribution in [0.5, 0.6) is 0 Å². The van der Waals surface area contributed by atoms with Crippen LogP contribution in [0.4, 0.5) is 5.82 Å². The Kier molecular flexibility index (Phi) is 3.99. The number of carbonyl (C=O) groups is 2. The number of piperazine rings is 1. The van der Waals surface area contributed by atoms with Gasteiger partial charge in [0.25, 0.3) is 0 Å². The van der Waals surface area contributed by atoms with Crippen LogP contribution in [-0.2, 0) is 16.1 Å². The molecule has 0 aliphatic carbocycles. The van der Waals surface area contributed by atoms with Crippen LogP contribution in [0.1, 0.15) is 12.5 Å². The second-order valence-corrected chi connectivity index (χ2v) is 4.41. The average Bonchev–Trinajstić information content (AvgIpc) is 2.45. The summed E-state index contributed by atoms with van der Waals surface area (Å²) < 4.78 is 0. The van der Waals surface area contributed by atoms with E-state index in [1.165, 1.54) is 0 Å². The van der Waals surface area contributed by atoms with Crippen LogP contribution in [0.3, 0.4) is 0 Å². The molecule has 0 aromatic carbocycles. The molecule has 6 nitrogen and oxygen atoms in total.